The lowest BCUT2D eigenvalue weighted by atomic mass is 9.96. The molecule has 0 unspecified atom stereocenters. The lowest BCUT2D eigenvalue weighted by molar-refractivity contribution is 0.163. The molecule has 0 saturated heterocycles. The third-order valence-corrected chi connectivity index (χ3v) is 4.92. The van der Waals surface area contributed by atoms with Crippen molar-refractivity contribution in [1.29, 1.82) is 0 Å². The molecule has 0 heterocycles. The van der Waals surface area contributed by atoms with Crippen LogP contribution in [0.3, 0.4) is 0 Å². The number of hydrogen-bond acceptors (Lipinski definition) is 5. The van der Waals surface area contributed by atoms with E-state index in [-0.39, 0.29) is 22.9 Å². The summed E-state index contributed by atoms with van der Waals surface area (Å²) in [6, 6.07) is 4.77. The van der Waals surface area contributed by atoms with Crippen molar-refractivity contribution in [3.05, 3.63) is 24.3 Å². The van der Waals surface area contributed by atoms with Gasteiger partial charge in [0.15, 0.2) is 0 Å². The average molecular weight is 322 g/mol. The lowest BCUT2D eigenvalue weighted by Crippen LogP contribution is -2.36. The molecular weight excluding hydrogens is 304 g/mol. The van der Waals surface area contributed by atoms with Crippen molar-refractivity contribution in [2.24, 2.45) is 10.6 Å². The first-order valence-corrected chi connectivity index (χ1v) is 8.74. The monoisotopic (exact) mass is 322 g/mol. The Hall–Kier alpha value is -1.00. The van der Waals surface area contributed by atoms with Gasteiger partial charge in [-0.05, 0) is 18.2 Å². The van der Waals surface area contributed by atoms with Crippen molar-refractivity contribution in [3.8, 4) is 0 Å². The van der Waals surface area contributed by atoms with E-state index in [0.717, 1.165) is 6.07 Å². The summed E-state index contributed by atoms with van der Waals surface area (Å²) < 4.78 is 48.8. The molecule has 0 bridgehead atoms. The standard InChI is InChI=1S/C11H18N2O5S2/c1-11(2,8-14)7-13-20(17,18)10-5-3-4-9(6-10)19(12,15)16/h3-6,13-14H,7-8H2,1-2H3,(H2,12,15,16). The van der Waals surface area contributed by atoms with Crippen LogP contribution in [0.4, 0.5) is 0 Å². The smallest absolute Gasteiger partial charge is 0.240 e. The molecule has 4 N–H and O–H groups in total. The zero-order valence-corrected chi connectivity index (χ0v) is 12.8. The van der Waals surface area contributed by atoms with E-state index >= 15 is 0 Å². The molecule has 0 aromatic heterocycles. The van der Waals surface area contributed by atoms with Gasteiger partial charge in [0, 0.05) is 18.6 Å². The first-order valence-electron chi connectivity index (χ1n) is 5.71. The molecular formula is C11H18N2O5S2. The van der Waals surface area contributed by atoms with Crippen LogP contribution in [0.25, 0.3) is 0 Å². The van der Waals surface area contributed by atoms with E-state index in [2.05, 4.69) is 4.72 Å². The molecule has 1 rings (SSSR count). The molecule has 0 aliphatic heterocycles. The van der Waals surface area contributed by atoms with Crippen molar-refractivity contribution in [1.82, 2.24) is 4.72 Å². The maximum atomic E-state index is 12.0. The van der Waals surface area contributed by atoms with Gasteiger partial charge in [-0.15, -0.1) is 0 Å². The van der Waals surface area contributed by atoms with Gasteiger partial charge in [-0.25, -0.2) is 26.7 Å². The summed E-state index contributed by atoms with van der Waals surface area (Å²) in [5.74, 6) is 0. The average Bonchev–Trinajstić information content (AvgIpc) is 2.36. The zero-order chi connectivity index (χ0) is 15.6. The normalized spacial score (nSPS) is 13.4. The molecule has 0 spiro atoms. The maximum Gasteiger partial charge on any atom is 0.240 e. The Morgan fingerprint density at radius 2 is 1.75 bits per heavy atom. The summed E-state index contributed by atoms with van der Waals surface area (Å²) >= 11 is 0. The van der Waals surface area contributed by atoms with Gasteiger partial charge in [-0.1, -0.05) is 19.9 Å². The van der Waals surface area contributed by atoms with Crippen molar-refractivity contribution in [2.75, 3.05) is 13.2 Å². The minimum absolute atomic E-state index is 0.0193. The minimum atomic E-state index is -3.97. The number of rotatable bonds is 6. The van der Waals surface area contributed by atoms with Crippen LogP contribution in [0.2, 0.25) is 0 Å². The van der Waals surface area contributed by atoms with E-state index in [1.807, 2.05) is 0 Å². The van der Waals surface area contributed by atoms with Crippen molar-refractivity contribution in [3.63, 3.8) is 0 Å². The Labute approximate surface area is 118 Å². The van der Waals surface area contributed by atoms with Crippen molar-refractivity contribution >= 4 is 20.0 Å². The highest BCUT2D eigenvalue weighted by atomic mass is 32.2. The third kappa shape index (κ3) is 4.53. The number of hydrogen-bond donors (Lipinski definition) is 3. The number of sulfonamides is 2. The van der Waals surface area contributed by atoms with Crippen molar-refractivity contribution < 1.29 is 21.9 Å². The topological polar surface area (TPSA) is 127 Å². The second-order valence-corrected chi connectivity index (χ2v) is 8.50. The Morgan fingerprint density at radius 1 is 1.20 bits per heavy atom. The molecule has 0 radical (unpaired) electrons. The predicted octanol–water partition coefficient (Wildman–Crippen LogP) is -0.369. The molecule has 9 heteroatoms. The highest BCUT2D eigenvalue weighted by molar-refractivity contribution is 7.90. The van der Waals surface area contributed by atoms with Gasteiger partial charge in [0.05, 0.1) is 9.79 Å². The summed E-state index contributed by atoms with van der Waals surface area (Å²) in [6.45, 7) is 3.21. The second-order valence-electron chi connectivity index (χ2n) is 5.17. The van der Waals surface area contributed by atoms with E-state index in [4.69, 9.17) is 10.2 Å². The number of primary sulfonamides is 1. The molecule has 0 amide bonds. The van der Waals surface area contributed by atoms with Gasteiger partial charge in [-0.3, -0.25) is 0 Å². The fourth-order valence-electron chi connectivity index (χ4n) is 1.25. The Morgan fingerprint density at radius 3 is 2.25 bits per heavy atom. The Kier molecular flexibility index (Phi) is 4.93. The molecule has 7 nitrogen and oxygen atoms in total. The summed E-state index contributed by atoms with van der Waals surface area (Å²) in [7, 11) is -7.83. The van der Waals surface area contributed by atoms with Crippen LogP contribution in [-0.4, -0.2) is 35.1 Å². The SMILES string of the molecule is CC(C)(CO)CNS(=O)(=O)c1cccc(S(N)(=O)=O)c1. The molecule has 0 atom stereocenters. The van der Waals surface area contributed by atoms with E-state index in [0.29, 0.717) is 0 Å². The zero-order valence-electron chi connectivity index (χ0n) is 11.2. The molecule has 0 aliphatic rings. The van der Waals surface area contributed by atoms with E-state index in [9.17, 15) is 16.8 Å². The first kappa shape index (κ1) is 17.1. The number of nitrogens with one attached hydrogen (secondary N) is 1. The van der Waals surface area contributed by atoms with Crippen LogP contribution in [0.5, 0.6) is 0 Å². The Bertz CT molecular complexity index is 681. The van der Waals surface area contributed by atoms with Crippen LogP contribution in [0, 0.1) is 5.41 Å². The number of nitrogens with two attached hydrogens (primary N) is 1. The predicted molar refractivity (Wildman–Crippen MR) is 73.9 cm³/mol. The van der Waals surface area contributed by atoms with Gasteiger partial charge in [0.2, 0.25) is 20.0 Å². The molecule has 0 saturated carbocycles. The highest BCUT2D eigenvalue weighted by Crippen LogP contribution is 2.17. The van der Waals surface area contributed by atoms with Gasteiger partial charge in [0.25, 0.3) is 0 Å². The van der Waals surface area contributed by atoms with Crippen LogP contribution in [0.1, 0.15) is 13.8 Å². The summed E-state index contributed by atoms with van der Waals surface area (Å²) in [4.78, 5) is -0.473. The quantitative estimate of drug-likeness (QED) is 0.658. The summed E-state index contributed by atoms with van der Waals surface area (Å²) in [5, 5.41) is 14.0. The van der Waals surface area contributed by atoms with E-state index in [1.165, 1.54) is 18.2 Å². The van der Waals surface area contributed by atoms with Crippen LogP contribution < -0.4 is 9.86 Å². The fourth-order valence-corrected chi connectivity index (χ4v) is 3.17. The summed E-state index contributed by atoms with van der Waals surface area (Å²) in [5.41, 5.74) is -0.620. The molecule has 1 aromatic rings. The van der Waals surface area contributed by atoms with Gasteiger partial charge < -0.3 is 5.11 Å². The largest absolute Gasteiger partial charge is 0.396 e. The number of aliphatic hydroxyl groups is 1. The number of aliphatic hydroxyl groups excluding tert-OH is 1. The maximum absolute atomic E-state index is 12.0. The lowest BCUT2D eigenvalue weighted by Gasteiger charge is -2.21. The van der Waals surface area contributed by atoms with E-state index < -0.39 is 25.5 Å². The number of benzene rings is 1. The molecule has 0 aliphatic carbocycles. The third-order valence-electron chi connectivity index (χ3n) is 2.61. The van der Waals surface area contributed by atoms with Gasteiger partial charge in [0.1, 0.15) is 0 Å². The molecule has 20 heavy (non-hydrogen) atoms. The second kappa shape index (κ2) is 5.78. The van der Waals surface area contributed by atoms with Crippen LogP contribution in [-0.2, 0) is 20.0 Å². The van der Waals surface area contributed by atoms with Gasteiger partial charge in [-0.2, -0.15) is 0 Å². The molecule has 114 valence electrons. The highest BCUT2D eigenvalue weighted by Gasteiger charge is 2.22. The van der Waals surface area contributed by atoms with Gasteiger partial charge >= 0.3 is 0 Å². The Balaban J connectivity index is 3.05. The fraction of sp³-hybridized carbons (Fsp3) is 0.455. The van der Waals surface area contributed by atoms with Crippen LogP contribution >= 0.6 is 0 Å². The molecule has 1 aromatic carbocycles. The van der Waals surface area contributed by atoms with Crippen LogP contribution in [0.15, 0.2) is 34.1 Å². The van der Waals surface area contributed by atoms with E-state index in [1.54, 1.807) is 13.8 Å². The summed E-state index contributed by atoms with van der Waals surface area (Å²) in [6.07, 6.45) is 0. The minimum Gasteiger partial charge on any atom is -0.396 e. The molecule has 0 fully saturated rings. The van der Waals surface area contributed by atoms with Crippen molar-refractivity contribution in [2.45, 2.75) is 23.6 Å². The first-order chi connectivity index (χ1) is 8.98.